The number of carbonyl (C=O) groups excluding carboxylic acids is 1. The lowest BCUT2D eigenvalue weighted by Crippen LogP contribution is -2.30. The third-order valence-corrected chi connectivity index (χ3v) is 2.73. The van der Waals surface area contributed by atoms with Gasteiger partial charge in [-0.15, -0.1) is 0 Å². The van der Waals surface area contributed by atoms with E-state index in [1.165, 1.54) is 0 Å². The van der Waals surface area contributed by atoms with Crippen LogP contribution in [0.15, 0.2) is 16.5 Å². The molecule has 0 aliphatic rings. The largest absolute Gasteiger partial charge is 0.466 e. The van der Waals surface area contributed by atoms with Gasteiger partial charge in [0.15, 0.2) is 0 Å². The molecule has 0 spiro atoms. The first kappa shape index (κ1) is 13.8. The number of likely N-dealkylation sites (N-methyl/N-ethyl adjacent to an activating group) is 1. The van der Waals surface area contributed by atoms with Crippen molar-refractivity contribution < 1.29 is 9.21 Å². The molecular formula is C13H22N2O2. The predicted octanol–water partition coefficient (Wildman–Crippen LogP) is 1.72. The zero-order chi connectivity index (χ0) is 12.8. The van der Waals surface area contributed by atoms with E-state index in [4.69, 9.17) is 10.2 Å². The summed E-state index contributed by atoms with van der Waals surface area (Å²) in [5, 5.41) is 0. The van der Waals surface area contributed by atoms with Gasteiger partial charge in [-0.25, -0.2) is 0 Å². The van der Waals surface area contributed by atoms with Crippen molar-refractivity contribution in [1.29, 1.82) is 0 Å². The van der Waals surface area contributed by atoms with Gasteiger partial charge < -0.3 is 15.1 Å². The summed E-state index contributed by atoms with van der Waals surface area (Å²) < 4.78 is 5.45. The number of aryl methyl sites for hydroxylation is 1. The molecule has 4 nitrogen and oxygen atoms in total. The van der Waals surface area contributed by atoms with Crippen molar-refractivity contribution in [3.05, 3.63) is 23.7 Å². The Kier molecular flexibility index (Phi) is 5.22. The molecule has 0 aliphatic heterocycles. The quantitative estimate of drug-likeness (QED) is 0.821. The maximum absolute atomic E-state index is 11.7. The minimum atomic E-state index is 0.0834. The number of rotatable bonds is 6. The Balaban J connectivity index is 2.29. The highest BCUT2D eigenvalue weighted by atomic mass is 16.3. The molecule has 96 valence electrons. The molecule has 17 heavy (non-hydrogen) atoms. The molecule has 4 heteroatoms. The Hall–Kier alpha value is -1.29. The van der Waals surface area contributed by atoms with Crippen molar-refractivity contribution in [3.63, 3.8) is 0 Å². The zero-order valence-corrected chi connectivity index (χ0v) is 10.9. The molecule has 1 rings (SSSR count). The normalized spacial score (nSPS) is 12.5. The molecule has 1 unspecified atom stereocenters. The van der Waals surface area contributed by atoms with Gasteiger partial charge in [-0.3, -0.25) is 4.79 Å². The second-order valence-electron chi connectivity index (χ2n) is 4.59. The Morgan fingerprint density at radius 3 is 2.76 bits per heavy atom. The third-order valence-electron chi connectivity index (χ3n) is 2.73. The van der Waals surface area contributed by atoms with Gasteiger partial charge in [0.25, 0.3) is 0 Å². The first-order chi connectivity index (χ1) is 7.99. The summed E-state index contributed by atoms with van der Waals surface area (Å²) in [6.07, 6.45) is 2.02. The van der Waals surface area contributed by atoms with E-state index >= 15 is 0 Å². The van der Waals surface area contributed by atoms with Crippen LogP contribution in [0.25, 0.3) is 0 Å². The highest BCUT2D eigenvalue weighted by molar-refractivity contribution is 5.75. The Bertz CT molecular complexity index is 358. The molecular weight excluding hydrogens is 216 g/mol. The molecule has 0 saturated carbocycles. The lowest BCUT2D eigenvalue weighted by molar-refractivity contribution is -0.130. The van der Waals surface area contributed by atoms with Crippen LogP contribution in [-0.4, -0.2) is 30.4 Å². The number of nitrogens with zero attached hydrogens (tertiary/aromatic N) is 1. The Morgan fingerprint density at radius 2 is 2.24 bits per heavy atom. The second kappa shape index (κ2) is 6.45. The molecule has 0 aliphatic carbocycles. The zero-order valence-electron chi connectivity index (χ0n) is 10.9. The summed E-state index contributed by atoms with van der Waals surface area (Å²) >= 11 is 0. The third kappa shape index (κ3) is 5.04. The van der Waals surface area contributed by atoms with E-state index in [9.17, 15) is 4.79 Å². The SMILES string of the molecule is Cc1ccc(CCN(C)C(=O)CCC(C)N)o1. The summed E-state index contributed by atoms with van der Waals surface area (Å²) in [6, 6.07) is 3.98. The summed E-state index contributed by atoms with van der Waals surface area (Å²) in [5.74, 6) is 1.98. The number of furan rings is 1. The van der Waals surface area contributed by atoms with E-state index < -0.39 is 0 Å². The second-order valence-corrected chi connectivity index (χ2v) is 4.59. The smallest absolute Gasteiger partial charge is 0.222 e. The topological polar surface area (TPSA) is 59.5 Å². The monoisotopic (exact) mass is 238 g/mol. The molecule has 0 bridgehead atoms. The van der Waals surface area contributed by atoms with Crippen molar-refractivity contribution in [1.82, 2.24) is 4.90 Å². The van der Waals surface area contributed by atoms with Gasteiger partial charge in [-0.1, -0.05) is 0 Å². The Labute approximate surface area is 103 Å². The average molecular weight is 238 g/mol. The van der Waals surface area contributed by atoms with Crippen LogP contribution in [-0.2, 0) is 11.2 Å². The minimum absolute atomic E-state index is 0.0834. The fourth-order valence-corrected chi connectivity index (χ4v) is 1.56. The van der Waals surface area contributed by atoms with E-state index in [1.54, 1.807) is 4.90 Å². The molecule has 1 heterocycles. The standard InChI is InChI=1S/C13H22N2O2/c1-10(14)4-7-13(16)15(3)9-8-12-6-5-11(2)17-12/h5-6,10H,4,7-9,14H2,1-3H3. The van der Waals surface area contributed by atoms with Crippen LogP contribution in [0.4, 0.5) is 0 Å². The summed E-state index contributed by atoms with van der Waals surface area (Å²) in [6.45, 7) is 4.52. The molecule has 0 radical (unpaired) electrons. The highest BCUT2D eigenvalue weighted by Crippen LogP contribution is 2.08. The van der Waals surface area contributed by atoms with Gasteiger partial charge in [0, 0.05) is 32.5 Å². The van der Waals surface area contributed by atoms with E-state index in [0.717, 1.165) is 24.4 Å². The molecule has 1 aromatic rings. The number of nitrogens with two attached hydrogens (primary N) is 1. The van der Waals surface area contributed by atoms with E-state index in [2.05, 4.69) is 0 Å². The van der Waals surface area contributed by atoms with Crippen molar-refractivity contribution in [2.24, 2.45) is 5.73 Å². The fraction of sp³-hybridized carbons (Fsp3) is 0.615. The van der Waals surface area contributed by atoms with Crippen LogP contribution in [0.3, 0.4) is 0 Å². The van der Waals surface area contributed by atoms with Gasteiger partial charge in [0.2, 0.25) is 5.91 Å². The molecule has 0 saturated heterocycles. The van der Waals surface area contributed by atoms with Crippen LogP contribution in [0.5, 0.6) is 0 Å². The van der Waals surface area contributed by atoms with Crippen LogP contribution in [0.2, 0.25) is 0 Å². The Morgan fingerprint density at radius 1 is 1.53 bits per heavy atom. The van der Waals surface area contributed by atoms with E-state index in [-0.39, 0.29) is 11.9 Å². The van der Waals surface area contributed by atoms with Gasteiger partial charge >= 0.3 is 0 Å². The van der Waals surface area contributed by atoms with Crippen LogP contribution >= 0.6 is 0 Å². The maximum Gasteiger partial charge on any atom is 0.222 e. The van der Waals surface area contributed by atoms with Gasteiger partial charge in [0.1, 0.15) is 11.5 Å². The number of carbonyl (C=O) groups is 1. The lowest BCUT2D eigenvalue weighted by atomic mass is 10.2. The summed E-state index contributed by atoms with van der Waals surface area (Å²) in [7, 11) is 1.82. The summed E-state index contributed by atoms with van der Waals surface area (Å²) in [5.41, 5.74) is 5.62. The van der Waals surface area contributed by atoms with Crippen LogP contribution in [0.1, 0.15) is 31.3 Å². The van der Waals surface area contributed by atoms with E-state index in [1.807, 2.05) is 33.0 Å². The molecule has 1 aromatic heterocycles. The molecule has 1 amide bonds. The van der Waals surface area contributed by atoms with Gasteiger partial charge in [-0.2, -0.15) is 0 Å². The average Bonchev–Trinajstić information content (AvgIpc) is 2.68. The van der Waals surface area contributed by atoms with Crippen molar-refractivity contribution in [2.45, 2.75) is 39.2 Å². The van der Waals surface area contributed by atoms with Crippen LogP contribution < -0.4 is 5.73 Å². The predicted molar refractivity (Wildman–Crippen MR) is 67.7 cm³/mol. The first-order valence-electron chi connectivity index (χ1n) is 6.04. The molecule has 1 atom stereocenters. The van der Waals surface area contributed by atoms with Crippen molar-refractivity contribution >= 4 is 5.91 Å². The van der Waals surface area contributed by atoms with Gasteiger partial charge in [-0.05, 0) is 32.4 Å². The number of amides is 1. The molecule has 0 fully saturated rings. The number of hydrogen-bond acceptors (Lipinski definition) is 3. The van der Waals surface area contributed by atoms with Crippen molar-refractivity contribution in [3.8, 4) is 0 Å². The first-order valence-corrected chi connectivity index (χ1v) is 6.04. The van der Waals surface area contributed by atoms with Gasteiger partial charge in [0.05, 0.1) is 0 Å². The molecule has 2 N–H and O–H groups in total. The number of hydrogen-bond donors (Lipinski definition) is 1. The van der Waals surface area contributed by atoms with Crippen molar-refractivity contribution in [2.75, 3.05) is 13.6 Å². The fourth-order valence-electron chi connectivity index (χ4n) is 1.56. The lowest BCUT2D eigenvalue weighted by Gasteiger charge is -2.17. The molecule has 0 aromatic carbocycles. The minimum Gasteiger partial charge on any atom is -0.466 e. The van der Waals surface area contributed by atoms with Crippen LogP contribution in [0, 0.1) is 6.92 Å². The summed E-state index contributed by atoms with van der Waals surface area (Å²) in [4.78, 5) is 13.5. The maximum atomic E-state index is 11.7. The van der Waals surface area contributed by atoms with E-state index in [0.29, 0.717) is 13.0 Å². The highest BCUT2D eigenvalue weighted by Gasteiger charge is 2.10.